The second-order valence-corrected chi connectivity index (χ2v) is 8.10. The lowest BCUT2D eigenvalue weighted by Crippen LogP contribution is -2.39. The number of aromatic nitrogens is 2. The van der Waals surface area contributed by atoms with Crippen LogP contribution >= 0.6 is 0 Å². The van der Waals surface area contributed by atoms with Crippen LogP contribution in [-0.4, -0.2) is 49.2 Å². The van der Waals surface area contributed by atoms with Crippen LogP contribution in [0.4, 0.5) is 0 Å². The van der Waals surface area contributed by atoms with Gasteiger partial charge < -0.3 is 4.98 Å². The third kappa shape index (κ3) is 4.43. The number of nitrogens with one attached hydrogen (secondary N) is 2. The SMILES string of the molecule is CS(=O)(=O)NCCN1CCCC[C@H]1c1ncc(-c2ccccc2)[nH]1. The zero-order valence-electron chi connectivity index (χ0n) is 13.9. The highest BCUT2D eigenvalue weighted by Gasteiger charge is 2.26. The fraction of sp³-hybridized carbons (Fsp3) is 0.471. The van der Waals surface area contributed by atoms with E-state index in [1.165, 1.54) is 12.7 Å². The number of piperidine rings is 1. The van der Waals surface area contributed by atoms with Crippen molar-refractivity contribution in [2.75, 3.05) is 25.9 Å². The van der Waals surface area contributed by atoms with Crippen molar-refractivity contribution in [2.45, 2.75) is 25.3 Å². The first-order valence-electron chi connectivity index (χ1n) is 8.32. The minimum atomic E-state index is -3.14. The van der Waals surface area contributed by atoms with Gasteiger partial charge in [-0.3, -0.25) is 4.90 Å². The standard InChI is InChI=1S/C17H24N4O2S/c1-24(22,23)19-10-12-21-11-6-5-9-16(21)17-18-13-15(20-17)14-7-3-2-4-8-14/h2-4,7-8,13,16,19H,5-6,9-12H2,1H3,(H,18,20)/t16-/m0/s1. The fourth-order valence-corrected chi connectivity index (χ4v) is 3.68. The van der Waals surface area contributed by atoms with Crippen LogP contribution < -0.4 is 4.72 Å². The van der Waals surface area contributed by atoms with Gasteiger partial charge in [0.25, 0.3) is 0 Å². The molecule has 1 saturated heterocycles. The molecule has 3 rings (SSSR count). The van der Waals surface area contributed by atoms with Gasteiger partial charge in [-0.15, -0.1) is 0 Å². The Kier molecular flexibility index (Phi) is 5.33. The molecule has 0 bridgehead atoms. The molecule has 2 aromatic rings. The first-order chi connectivity index (χ1) is 11.5. The number of hydrogen-bond donors (Lipinski definition) is 2. The van der Waals surface area contributed by atoms with E-state index >= 15 is 0 Å². The Morgan fingerprint density at radius 2 is 2.08 bits per heavy atom. The van der Waals surface area contributed by atoms with E-state index in [0.29, 0.717) is 13.1 Å². The summed E-state index contributed by atoms with van der Waals surface area (Å²) in [5.74, 6) is 0.966. The number of H-pyrrole nitrogens is 1. The van der Waals surface area contributed by atoms with Crippen LogP contribution in [0.25, 0.3) is 11.3 Å². The molecule has 1 aliphatic heterocycles. The summed E-state index contributed by atoms with van der Waals surface area (Å²) in [4.78, 5) is 10.3. The van der Waals surface area contributed by atoms with Crippen LogP contribution in [-0.2, 0) is 10.0 Å². The van der Waals surface area contributed by atoms with Crippen LogP contribution in [0.1, 0.15) is 31.1 Å². The molecule has 7 heteroatoms. The number of nitrogens with zero attached hydrogens (tertiary/aromatic N) is 2. The van der Waals surface area contributed by atoms with Gasteiger partial charge in [0.1, 0.15) is 5.82 Å². The number of imidazole rings is 1. The van der Waals surface area contributed by atoms with E-state index in [0.717, 1.165) is 36.5 Å². The smallest absolute Gasteiger partial charge is 0.208 e. The van der Waals surface area contributed by atoms with Crippen molar-refractivity contribution in [3.05, 3.63) is 42.4 Å². The Morgan fingerprint density at radius 1 is 1.29 bits per heavy atom. The summed E-state index contributed by atoms with van der Waals surface area (Å²) in [7, 11) is -3.14. The van der Waals surface area contributed by atoms with Gasteiger partial charge in [-0.25, -0.2) is 18.1 Å². The van der Waals surface area contributed by atoms with Crippen LogP contribution in [0.15, 0.2) is 36.5 Å². The quantitative estimate of drug-likeness (QED) is 0.838. The number of benzene rings is 1. The zero-order valence-corrected chi connectivity index (χ0v) is 14.7. The van der Waals surface area contributed by atoms with Gasteiger partial charge in [0.2, 0.25) is 10.0 Å². The summed E-state index contributed by atoms with van der Waals surface area (Å²) in [6, 6.07) is 10.4. The van der Waals surface area contributed by atoms with E-state index in [2.05, 4.69) is 31.7 Å². The number of rotatable bonds is 6. The summed E-state index contributed by atoms with van der Waals surface area (Å²) in [5, 5.41) is 0. The molecule has 0 saturated carbocycles. The number of aromatic amines is 1. The van der Waals surface area contributed by atoms with E-state index < -0.39 is 10.0 Å². The maximum absolute atomic E-state index is 11.2. The van der Waals surface area contributed by atoms with Crippen molar-refractivity contribution >= 4 is 10.0 Å². The molecular weight excluding hydrogens is 324 g/mol. The van der Waals surface area contributed by atoms with E-state index in [1.807, 2.05) is 24.4 Å². The summed E-state index contributed by atoms with van der Waals surface area (Å²) < 4.78 is 25.0. The van der Waals surface area contributed by atoms with Gasteiger partial charge in [-0.1, -0.05) is 36.8 Å². The molecule has 6 nitrogen and oxygen atoms in total. The van der Waals surface area contributed by atoms with Crippen molar-refractivity contribution in [3.8, 4) is 11.3 Å². The number of hydrogen-bond acceptors (Lipinski definition) is 4. The van der Waals surface area contributed by atoms with Crippen molar-refractivity contribution in [2.24, 2.45) is 0 Å². The molecule has 2 heterocycles. The average Bonchev–Trinajstić information content (AvgIpc) is 3.05. The maximum atomic E-state index is 11.2. The highest BCUT2D eigenvalue weighted by molar-refractivity contribution is 7.88. The van der Waals surface area contributed by atoms with Crippen LogP contribution in [0.2, 0.25) is 0 Å². The molecule has 0 spiro atoms. The predicted octanol–water partition coefficient (Wildman–Crippen LogP) is 2.15. The summed E-state index contributed by atoms with van der Waals surface area (Å²) in [6.45, 7) is 2.10. The normalized spacial score (nSPS) is 19.5. The number of sulfonamides is 1. The van der Waals surface area contributed by atoms with Crippen LogP contribution in [0, 0.1) is 0 Å². The van der Waals surface area contributed by atoms with Crippen molar-refractivity contribution in [1.29, 1.82) is 0 Å². The van der Waals surface area contributed by atoms with Crippen LogP contribution in [0.3, 0.4) is 0 Å². The third-order valence-electron chi connectivity index (χ3n) is 4.37. The summed E-state index contributed by atoms with van der Waals surface area (Å²) in [6.07, 6.45) is 6.43. The molecule has 1 aromatic heterocycles. The molecule has 130 valence electrons. The largest absolute Gasteiger partial charge is 0.341 e. The van der Waals surface area contributed by atoms with Gasteiger partial charge >= 0.3 is 0 Å². The monoisotopic (exact) mass is 348 g/mol. The Bertz CT molecular complexity index is 758. The third-order valence-corrected chi connectivity index (χ3v) is 5.10. The van der Waals surface area contributed by atoms with E-state index in [-0.39, 0.29) is 6.04 Å². The molecule has 0 unspecified atom stereocenters. The van der Waals surface area contributed by atoms with Gasteiger partial charge in [-0.05, 0) is 24.9 Å². The van der Waals surface area contributed by atoms with E-state index in [9.17, 15) is 8.42 Å². The van der Waals surface area contributed by atoms with Gasteiger partial charge in [0.05, 0.1) is 24.2 Å². The molecule has 0 radical (unpaired) electrons. The second kappa shape index (κ2) is 7.46. The molecule has 1 fully saturated rings. The Labute approximate surface area is 143 Å². The fourth-order valence-electron chi connectivity index (χ4n) is 3.21. The predicted molar refractivity (Wildman–Crippen MR) is 95.0 cm³/mol. The lowest BCUT2D eigenvalue weighted by Gasteiger charge is -2.34. The molecular formula is C17H24N4O2S. The molecule has 24 heavy (non-hydrogen) atoms. The average molecular weight is 348 g/mol. The summed E-state index contributed by atoms with van der Waals surface area (Å²) in [5.41, 5.74) is 2.14. The van der Waals surface area contributed by atoms with E-state index in [1.54, 1.807) is 0 Å². The lowest BCUT2D eigenvalue weighted by molar-refractivity contribution is 0.146. The van der Waals surface area contributed by atoms with Gasteiger partial charge in [0.15, 0.2) is 0 Å². The number of likely N-dealkylation sites (tertiary alicyclic amines) is 1. The lowest BCUT2D eigenvalue weighted by atomic mass is 10.0. The van der Waals surface area contributed by atoms with Crippen molar-refractivity contribution in [3.63, 3.8) is 0 Å². The minimum Gasteiger partial charge on any atom is -0.341 e. The molecule has 1 aliphatic rings. The van der Waals surface area contributed by atoms with Crippen molar-refractivity contribution < 1.29 is 8.42 Å². The second-order valence-electron chi connectivity index (χ2n) is 6.26. The van der Waals surface area contributed by atoms with E-state index in [4.69, 9.17) is 0 Å². The highest BCUT2D eigenvalue weighted by atomic mass is 32.2. The minimum absolute atomic E-state index is 0.220. The molecule has 2 N–H and O–H groups in total. The van der Waals surface area contributed by atoms with Crippen LogP contribution in [0.5, 0.6) is 0 Å². The molecule has 0 aliphatic carbocycles. The van der Waals surface area contributed by atoms with Gasteiger partial charge in [0, 0.05) is 13.1 Å². The molecule has 1 atom stereocenters. The zero-order chi connectivity index (χ0) is 17.0. The molecule has 0 amide bonds. The summed E-state index contributed by atoms with van der Waals surface area (Å²) >= 11 is 0. The Balaban J connectivity index is 1.70. The maximum Gasteiger partial charge on any atom is 0.208 e. The Hall–Kier alpha value is -1.70. The highest BCUT2D eigenvalue weighted by Crippen LogP contribution is 2.30. The molecule has 1 aromatic carbocycles. The van der Waals surface area contributed by atoms with Crippen molar-refractivity contribution in [1.82, 2.24) is 19.6 Å². The Morgan fingerprint density at radius 3 is 2.83 bits per heavy atom. The topological polar surface area (TPSA) is 78.1 Å². The first kappa shape index (κ1) is 17.1. The first-order valence-corrected chi connectivity index (χ1v) is 10.2. The van der Waals surface area contributed by atoms with Gasteiger partial charge in [-0.2, -0.15) is 0 Å².